The molecule has 0 aliphatic heterocycles. The molecule has 2 aromatic rings. The third-order valence-corrected chi connectivity index (χ3v) is 7.74. The Hall–Kier alpha value is -3.34. The molecular weight excluding hydrogens is 522 g/mol. The van der Waals surface area contributed by atoms with Crippen molar-refractivity contribution in [2.45, 2.75) is 16.7 Å². The average Bonchev–Trinajstić information content (AvgIpc) is 2.70. The first kappa shape index (κ1) is 26.3. The van der Waals surface area contributed by atoms with E-state index in [0.29, 0.717) is 0 Å². The lowest BCUT2D eigenvalue weighted by atomic mass is 9.89. The maximum Gasteiger partial charge on any atom is 0.296 e. The van der Waals surface area contributed by atoms with E-state index in [4.69, 9.17) is 16.9 Å². The molecule has 12 nitrogen and oxygen atoms in total. The van der Waals surface area contributed by atoms with Gasteiger partial charge in [0.2, 0.25) is 5.71 Å². The van der Waals surface area contributed by atoms with Crippen molar-refractivity contribution in [3.05, 3.63) is 75.7 Å². The number of nitrogen functional groups attached to an aromatic ring is 2. The van der Waals surface area contributed by atoms with Crippen molar-refractivity contribution in [3.63, 3.8) is 0 Å². The summed E-state index contributed by atoms with van der Waals surface area (Å²) in [6.07, 6.45) is 2.29. The van der Waals surface area contributed by atoms with Crippen molar-refractivity contribution < 1.29 is 44.3 Å². The highest BCUT2D eigenvalue weighted by molar-refractivity contribution is 7.90. The largest absolute Gasteiger partial charge is 0.744 e. The quantitative estimate of drug-likeness (QED) is 0.275. The number of hydrogen-bond acceptors (Lipinski definition) is 10. The van der Waals surface area contributed by atoms with Crippen LogP contribution in [-0.2, 0) is 30.4 Å². The highest BCUT2D eigenvalue weighted by Crippen LogP contribution is 2.36. The van der Waals surface area contributed by atoms with Gasteiger partial charge in [0.15, 0.2) is 0 Å². The van der Waals surface area contributed by atoms with Gasteiger partial charge in [-0.05, 0) is 65.6 Å². The summed E-state index contributed by atoms with van der Waals surface area (Å²) in [6, 6.07) is 6.71. The lowest BCUT2D eigenvalue weighted by molar-refractivity contribution is -0.111. The first-order valence-corrected chi connectivity index (χ1v) is 13.6. The Balaban J connectivity index is 2.53. The molecule has 0 fully saturated rings. The summed E-state index contributed by atoms with van der Waals surface area (Å²) < 4.78 is 104. The van der Waals surface area contributed by atoms with Gasteiger partial charge in [-0.25, -0.2) is 16.8 Å². The fourth-order valence-corrected chi connectivity index (χ4v) is 5.41. The van der Waals surface area contributed by atoms with E-state index >= 15 is 0 Å². The van der Waals surface area contributed by atoms with Crippen LogP contribution >= 0.6 is 0 Å². The average molecular weight is 541 g/mol. The number of nitrogens with two attached hydrogens (primary N) is 3. The van der Waals surface area contributed by atoms with Gasteiger partial charge in [-0.1, -0.05) is 12.1 Å². The van der Waals surface area contributed by atoms with E-state index in [1.165, 1.54) is 25.1 Å². The number of allylic oxidation sites excluding steroid dienone is 5. The third kappa shape index (κ3) is 5.34. The standard InChI is InChI=1S/C20H19N3O9S3/c1-10-6-13(9-18(20(10)23)35(30,31)32)19(11-2-4-14(21)16(7-11)33(24,25)26)12-3-5-15(22)17(8-12)34(27,28)29/h2-9,23H,21-22H2,1H3,(H,24,25,26)(H,27,28,29)(H,30,31,32)/p-1. The van der Waals surface area contributed by atoms with Crippen LogP contribution in [0.4, 0.5) is 11.4 Å². The first-order chi connectivity index (χ1) is 15.9. The zero-order valence-electron chi connectivity index (χ0n) is 17.8. The number of anilines is 2. The normalized spacial score (nSPS) is 16.5. The Kier molecular flexibility index (Phi) is 6.53. The second kappa shape index (κ2) is 8.71. The maximum absolute atomic E-state index is 11.8. The smallest absolute Gasteiger partial charge is 0.296 e. The molecule has 1 aliphatic rings. The molecule has 186 valence electrons. The van der Waals surface area contributed by atoms with Gasteiger partial charge in [0.05, 0.1) is 10.6 Å². The number of rotatable bonds is 5. The highest BCUT2D eigenvalue weighted by atomic mass is 32.2. The van der Waals surface area contributed by atoms with Crippen LogP contribution in [0.1, 0.15) is 18.1 Å². The Morgan fingerprint density at radius 2 is 1.31 bits per heavy atom. The zero-order chi connectivity index (χ0) is 26.5. The van der Waals surface area contributed by atoms with Crippen LogP contribution in [-0.4, -0.2) is 44.6 Å². The van der Waals surface area contributed by atoms with Gasteiger partial charge in [0, 0.05) is 11.3 Å². The summed E-state index contributed by atoms with van der Waals surface area (Å²) in [5, 5.41) is 5.76. The molecule has 1 aliphatic carbocycles. The van der Waals surface area contributed by atoms with Crippen LogP contribution in [0.5, 0.6) is 0 Å². The molecule has 0 saturated carbocycles. The van der Waals surface area contributed by atoms with Crippen molar-refractivity contribution in [2.75, 3.05) is 11.5 Å². The molecule has 0 atom stereocenters. The van der Waals surface area contributed by atoms with Crippen LogP contribution in [0.25, 0.3) is 5.57 Å². The second-order valence-corrected chi connectivity index (χ2v) is 11.6. The molecule has 3 rings (SSSR count). The van der Waals surface area contributed by atoms with Gasteiger partial charge in [0.1, 0.15) is 30.0 Å². The van der Waals surface area contributed by atoms with Crippen LogP contribution in [0.2, 0.25) is 0 Å². The summed E-state index contributed by atoms with van der Waals surface area (Å²) in [6.45, 7) is 1.41. The van der Waals surface area contributed by atoms with Gasteiger partial charge < -0.3 is 20.6 Å². The minimum absolute atomic E-state index is 0.00352. The molecule has 0 bridgehead atoms. The maximum atomic E-state index is 11.8. The second-order valence-electron chi connectivity index (χ2n) is 7.47. The predicted octanol–water partition coefficient (Wildman–Crippen LogP) is -0.607. The van der Waals surface area contributed by atoms with Crippen molar-refractivity contribution in [3.8, 4) is 0 Å². The fraction of sp³-hybridized carbons (Fsp3) is 0.0500. The van der Waals surface area contributed by atoms with Crippen LogP contribution in [0.15, 0.2) is 74.4 Å². The third-order valence-electron chi connectivity index (χ3n) is 5.06. The summed E-state index contributed by atoms with van der Waals surface area (Å²) >= 11 is 0. The molecule has 0 spiro atoms. The molecule has 0 aromatic heterocycles. The van der Waals surface area contributed by atoms with E-state index in [1.807, 2.05) is 0 Å². The van der Waals surface area contributed by atoms with Crippen LogP contribution in [0, 0.1) is 0 Å². The van der Waals surface area contributed by atoms with E-state index in [-0.39, 0.29) is 44.9 Å². The van der Waals surface area contributed by atoms with Crippen molar-refractivity contribution >= 4 is 53.0 Å². The van der Waals surface area contributed by atoms with Crippen LogP contribution in [0.3, 0.4) is 0 Å². The monoisotopic (exact) mass is 540 g/mol. The Bertz CT molecular complexity index is 1620. The molecule has 0 radical (unpaired) electrons. The number of benzene rings is 2. The van der Waals surface area contributed by atoms with E-state index in [2.05, 4.69) is 0 Å². The van der Waals surface area contributed by atoms with Crippen molar-refractivity contribution in [1.82, 2.24) is 0 Å². The predicted molar refractivity (Wildman–Crippen MR) is 124 cm³/mol. The summed E-state index contributed by atoms with van der Waals surface area (Å²) in [7, 11) is -14.9. The minimum atomic E-state index is -5.06. The highest BCUT2D eigenvalue weighted by Gasteiger charge is 2.26. The van der Waals surface area contributed by atoms with Gasteiger partial charge in [-0.2, -0.15) is 8.42 Å². The SMILES string of the molecule is CC1=C/C(=C(/c2ccc(N)c(S(=O)(=O)[O-])c2)c2ccc(N)c(S(=O)(=O)O)c2)C=C(S(=O)(=O)[O-])C1=[NH2+]. The molecule has 0 amide bonds. The molecular formula is C20H18N3O9S3-. The van der Waals surface area contributed by atoms with Crippen LogP contribution < -0.4 is 16.9 Å². The first-order valence-electron chi connectivity index (χ1n) is 9.38. The van der Waals surface area contributed by atoms with E-state index in [0.717, 1.165) is 30.3 Å². The summed E-state index contributed by atoms with van der Waals surface area (Å²) in [5.74, 6) is 0. The number of hydrogen-bond donors (Lipinski definition) is 4. The van der Waals surface area contributed by atoms with Gasteiger partial charge in [0.25, 0.3) is 10.1 Å². The molecule has 2 aromatic carbocycles. The summed E-state index contributed by atoms with van der Waals surface area (Å²) in [5.41, 5.74) is 10.4. The zero-order valence-corrected chi connectivity index (χ0v) is 20.2. The molecule has 0 saturated heterocycles. The molecule has 7 N–H and O–H groups in total. The lowest BCUT2D eigenvalue weighted by Crippen LogP contribution is -2.44. The van der Waals surface area contributed by atoms with Gasteiger partial charge >= 0.3 is 0 Å². The molecule has 35 heavy (non-hydrogen) atoms. The molecule has 0 heterocycles. The molecule has 0 unspecified atom stereocenters. The summed E-state index contributed by atoms with van der Waals surface area (Å²) in [4.78, 5) is -2.26. The topological polar surface area (TPSA) is 246 Å². The van der Waals surface area contributed by atoms with Crippen molar-refractivity contribution in [2.24, 2.45) is 0 Å². The van der Waals surface area contributed by atoms with Gasteiger partial charge in [-0.15, -0.1) is 0 Å². The Labute approximate surface area is 201 Å². The van der Waals surface area contributed by atoms with E-state index in [1.54, 1.807) is 0 Å². The lowest BCUT2D eigenvalue weighted by Gasteiger charge is -2.20. The van der Waals surface area contributed by atoms with E-state index in [9.17, 15) is 38.9 Å². The minimum Gasteiger partial charge on any atom is -0.744 e. The fourth-order valence-electron chi connectivity index (χ4n) is 3.44. The Morgan fingerprint density at radius 3 is 1.77 bits per heavy atom. The Morgan fingerprint density at radius 1 is 0.829 bits per heavy atom. The molecule has 15 heteroatoms. The van der Waals surface area contributed by atoms with Crippen molar-refractivity contribution in [1.29, 1.82) is 0 Å². The van der Waals surface area contributed by atoms with Gasteiger partial charge in [-0.3, -0.25) is 9.96 Å². The van der Waals surface area contributed by atoms with E-state index < -0.39 is 45.1 Å².